The molecule has 1 saturated carbocycles. The molecule has 1 atom stereocenters. The van der Waals surface area contributed by atoms with Gasteiger partial charge in [-0.25, -0.2) is 0 Å². The van der Waals surface area contributed by atoms with Gasteiger partial charge < -0.3 is 15.2 Å². The predicted molar refractivity (Wildman–Crippen MR) is 86.0 cm³/mol. The Kier molecular flexibility index (Phi) is 5.85. The van der Waals surface area contributed by atoms with Crippen LogP contribution in [0.15, 0.2) is 18.5 Å². The minimum absolute atomic E-state index is 0.0929. The van der Waals surface area contributed by atoms with Crippen LogP contribution in [0.4, 0.5) is 0 Å². The van der Waals surface area contributed by atoms with Gasteiger partial charge in [0.1, 0.15) is 6.54 Å². The second-order valence-electron chi connectivity index (χ2n) is 6.58. The molecule has 1 aliphatic rings. The number of nitrogens with one attached hydrogen (secondary N) is 2. The lowest BCUT2D eigenvalue weighted by molar-refractivity contribution is -0.121. The van der Waals surface area contributed by atoms with Gasteiger partial charge >= 0.3 is 0 Å². The van der Waals surface area contributed by atoms with Crippen LogP contribution in [0.1, 0.15) is 51.6 Å². The highest BCUT2D eigenvalue weighted by molar-refractivity contribution is 5.75. The molecule has 4 nitrogen and oxygen atoms in total. The van der Waals surface area contributed by atoms with Gasteiger partial charge in [-0.15, -0.1) is 0 Å². The fourth-order valence-corrected chi connectivity index (χ4v) is 2.57. The van der Waals surface area contributed by atoms with Crippen LogP contribution in [0.3, 0.4) is 0 Å². The van der Waals surface area contributed by atoms with Gasteiger partial charge in [0.25, 0.3) is 0 Å². The van der Waals surface area contributed by atoms with E-state index in [0.29, 0.717) is 18.5 Å². The Labute approximate surface area is 128 Å². The highest BCUT2D eigenvalue weighted by Gasteiger charge is 2.32. The van der Waals surface area contributed by atoms with Crippen molar-refractivity contribution in [1.82, 2.24) is 15.2 Å². The molecule has 0 spiro atoms. The van der Waals surface area contributed by atoms with E-state index in [4.69, 9.17) is 0 Å². The first-order valence-electron chi connectivity index (χ1n) is 8.26. The van der Waals surface area contributed by atoms with Gasteiger partial charge in [0, 0.05) is 25.0 Å². The lowest BCUT2D eigenvalue weighted by Gasteiger charge is -2.16. The first kappa shape index (κ1) is 16.1. The Morgan fingerprint density at radius 1 is 1.43 bits per heavy atom. The van der Waals surface area contributed by atoms with Crippen molar-refractivity contribution in [2.75, 3.05) is 13.1 Å². The number of rotatable bonds is 9. The first-order chi connectivity index (χ1) is 10.1. The summed E-state index contributed by atoms with van der Waals surface area (Å²) in [7, 11) is 0. The molecule has 1 unspecified atom stereocenters. The average Bonchev–Trinajstić information content (AvgIpc) is 3.18. The van der Waals surface area contributed by atoms with Gasteiger partial charge in [0.15, 0.2) is 0 Å². The third-order valence-corrected chi connectivity index (χ3v) is 3.87. The molecule has 1 fully saturated rings. The molecule has 0 bridgehead atoms. The Hall–Kier alpha value is -1.29. The Morgan fingerprint density at radius 3 is 2.81 bits per heavy atom. The Balaban J connectivity index is 1.88. The molecule has 0 aliphatic heterocycles. The summed E-state index contributed by atoms with van der Waals surface area (Å²) in [5, 5.41) is 6.60. The van der Waals surface area contributed by atoms with Gasteiger partial charge in [-0.1, -0.05) is 20.8 Å². The fourth-order valence-electron chi connectivity index (χ4n) is 2.57. The molecule has 1 aromatic heterocycles. The third kappa shape index (κ3) is 5.20. The van der Waals surface area contributed by atoms with Crippen molar-refractivity contribution in [1.29, 1.82) is 0 Å². The van der Waals surface area contributed by atoms with Crippen molar-refractivity contribution in [3.63, 3.8) is 0 Å². The van der Waals surface area contributed by atoms with Crippen LogP contribution in [0, 0.1) is 11.8 Å². The highest BCUT2D eigenvalue weighted by atomic mass is 16.1. The molecule has 2 rings (SSSR count). The molecular weight excluding hydrogens is 262 g/mol. The van der Waals surface area contributed by atoms with E-state index >= 15 is 0 Å². The van der Waals surface area contributed by atoms with Crippen LogP contribution in [-0.4, -0.2) is 23.6 Å². The van der Waals surface area contributed by atoms with Crippen LogP contribution < -0.4 is 10.6 Å². The topological polar surface area (TPSA) is 46.1 Å². The molecule has 21 heavy (non-hydrogen) atoms. The van der Waals surface area contributed by atoms with E-state index in [1.54, 1.807) is 0 Å². The van der Waals surface area contributed by atoms with Crippen LogP contribution in [-0.2, 0) is 11.3 Å². The summed E-state index contributed by atoms with van der Waals surface area (Å²) in [6, 6.07) is 2.62. The van der Waals surface area contributed by atoms with Crippen molar-refractivity contribution < 1.29 is 4.79 Å². The SMILES string of the molecule is CCCNC(c1ccn(CC(=O)NCC(C)C)c1)C1CC1. The van der Waals surface area contributed by atoms with Gasteiger partial charge in [-0.05, 0) is 49.3 Å². The Morgan fingerprint density at radius 2 is 2.19 bits per heavy atom. The predicted octanol–water partition coefficient (Wildman–Crippen LogP) is 2.71. The van der Waals surface area contributed by atoms with Crippen LogP contribution in [0.5, 0.6) is 0 Å². The monoisotopic (exact) mass is 291 g/mol. The summed E-state index contributed by atoms with van der Waals surface area (Å²) < 4.78 is 1.99. The summed E-state index contributed by atoms with van der Waals surface area (Å²) in [5.41, 5.74) is 1.32. The van der Waals surface area contributed by atoms with Gasteiger partial charge in [-0.2, -0.15) is 0 Å². The van der Waals surface area contributed by atoms with Gasteiger partial charge in [0.05, 0.1) is 0 Å². The smallest absolute Gasteiger partial charge is 0.239 e. The number of nitrogens with zero attached hydrogens (tertiary/aromatic N) is 1. The van der Waals surface area contributed by atoms with E-state index in [2.05, 4.69) is 43.7 Å². The molecule has 4 heteroatoms. The minimum atomic E-state index is 0.0929. The summed E-state index contributed by atoms with van der Waals surface area (Å²) in [5.74, 6) is 1.36. The molecule has 2 N–H and O–H groups in total. The van der Waals surface area contributed by atoms with Crippen molar-refractivity contribution >= 4 is 5.91 Å². The average molecular weight is 291 g/mol. The number of carbonyl (C=O) groups excluding carboxylic acids is 1. The first-order valence-corrected chi connectivity index (χ1v) is 8.26. The molecule has 0 aromatic carbocycles. The molecular formula is C17H29N3O. The maximum Gasteiger partial charge on any atom is 0.239 e. The summed E-state index contributed by atoms with van der Waals surface area (Å²) in [6.07, 6.45) is 7.94. The zero-order valence-corrected chi connectivity index (χ0v) is 13.6. The minimum Gasteiger partial charge on any atom is -0.354 e. The number of aromatic nitrogens is 1. The molecule has 1 aromatic rings. The second-order valence-corrected chi connectivity index (χ2v) is 6.58. The largest absolute Gasteiger partial charge is 0.354 e. The van der Waals surface area contributed by atoms with E-state index in [9.17, 15) is 4.79 Å². The summed E-state index contributed by atoms with van der Waals surface area (Å²) >= 11 is 0. The van der Waals surface area contributed by atoms with E-state index in [1.807, 2.05) is 10.8 Å². The number of hydrogen-bond acceptors (Lipinski definition) is 2. The fraction of sp³-hybridized carbons (Fsp3) is 0.706. The van der Waals surface area contributed by atoms with Crippen LogP contribution >= 0.6 is 0 Å². The van der Waals surface area contributed by atoms with Crippen molar-refractivity contribution in [3.05, 3.63) is 24.0 Å². The van der Waals surface area contributed by atoms with Crippen LogP contribution in [0.2, 0.25) is 0 Å². The zero-order valence-electron chi connectivity index (χ0n) is 13.6. The highest BCUT2D eigenvalue weighted by Crippen LogP contribution is 2.41. The van der Waals surface area contributed by atoms with Crippen molar-refractivity contribution in [2.24, 2.45) is 11.8 Å². The van der Waals surface area contributed by atoms with Crippen LogP contribution in [0.25, 0.3) is 0 Å². The second kappa shape index (κ2) is 7.64. The van der Waals surface area contributed by atoms with E-state index < -0.39 is 0 Å². The maximum absolute atomic E-state index is 11.9. The van der Waals surface area contributed by atoms with E-state index in [0.717, 1.165) is 25.4 Å². The van der Waals surface area contributed by atoms with Crippen molar-refractivity contribution in [2.45, 2.75) is 52.6 Å². The zero-order chi connectivity index (χ0) is 15.2. The molecule has 1 aliphatic carbocycles. The normalized spacial score (nSPS) is 16.2. The van der Waals surface area contributed by atoms with Gasteiger partial charge in [-0.3, -0.25) is 4.79 Å². The number of carbonyl (C=O) groups is 1. The lowest BCUT2D eigenvalue weighted by Crippen LogP contribution is -2.30. The van der Waals surface area contributed by atoms with E-state index in [-0.39, 0.29) is 5.91 Å². The summed E-state index contributed by atoms with van der Waals surface area (Å²) in [4.78, 5) is 11.9. The molecule has 1 heterocycles. The van der Waals surface area contributed by atoms with Gasteiger partial charge in [0.2, 0.25) is 5.91 Å². The molecule has 0 saturated heterocycles. The third-order valence-electron chi connectivity index (χ3n) is 3.87. The standard InChI is InChI=1S/C17H29N3O/c1-4-8-18-17(14-5-6-14)15-7-9-20(11-15)12-16(21)19-10-13(2)3/h7,9,11,13-14,17-18H,4-6,8,10,12H2,1-3H3,(H,19,21). The maximum atomic E-state index is 11.9. The molecule has 118 valence electrons. The molecule has 1 amide bonds. The number of hydrogen-bond donors (Lipinski definition) is 2. The number of amides is 1. The lowest BCUT2D eigenvalue weighted by atomic mass is 10.1. The molecule has 0 radical (unpaired) electrons. The Bertz CT molecular complexity index is 449. The summed E-state index contributed by atoms with van der Waals surface area (Å²) in [6.45, 7) is 8.62. The quantitative estimate of drug-likeness (QED) is 0.735. The van der Waals surface area contributed by atoms with E-state index in [1.165, 1.54) is 18.4 Å². The van der Waals surface area contributed by atoms with Crippen molar-refractivity contribution in [3.8, 4) is 0 Å².